The second-order valence-corrected chi connectivity index (χ2v) is 4.20. The minimum absolute atomic E-state index is 0.297. The lowest BCUT2D eigenvalue weighted by molar-refractivity contribution is 0.0527. The number of imidazole rings is 1. The molecule has 0 aromatic carbocycles. The Bertz CT molecular complexity index is 792. The van der Waals surface area contributed by atoms with Crippen LogP contribution in [0, 0.1) is 0 Å². The first-order chi connectivity index (χ1) is 10.2. The highest BCUT2D eigenvalue weighted by molar-refractivity contribution is 5.96. The normalized spacial score (nSPS) is 10.8. The molecule has 0 fully saturated rings. The van der Waals surface area contributed by atoms with Crippen molar-refractivity contribution >= 4 is 28.8 Å². The Labute approximate surface area is 119 Å². The minimum Gasteiger partial charge on any atom is -0.462 e. The number of aromatic nitrogens is 6. The number of carbonyl (C=O) groups is 1. The summed E-state index contributed by atoms with van der Waals surface area (Å²) in [6.07, 6.45) is 4.37. The highest BCUT2D eigenvalue weighted by atomic mass is 16.5. The predicted octanol–water partition coefficient (Wildman–Crippen LogP) is 1.01. The maximum absolute atomic E-state index is 11.9. The molecule has 0 saturated heterocycles. The molecule has 0 saturated carbocycles. The number of anilines is 2. The van der Waals surface area contributed by atoms with Gasteiger partial charge in [-0.05, 0) is 6.92 Å². The number of hydrogen-bond acceptors (Lipinski definition) is 7. The first kappa shape index (κ1) is 13.0. The zero-order valence-electron chi connectivity index (χ0n) is 11.5. The van der Waals surface area contributed by atoms with Gasteiger partial charge in [-0.1, -0.05) is 0 Å². The zero-order valence-corrected chi connectivity index (χ0v) is 11.5. The highest BCUT2D eigenvalue weighted by Crippen LogP contribution is 2.23. The van der Waals surface area contributed by atoms with Gasteiger partial charge in [0.1, 0.15) is 23.2 Å². The third-order valence-electron chi connectivity index (χ3n) is 2.89. The topological polar surface area (TPSA) is 111 Å². The molecule has 108 valence electrons. The van der Waals surface area contributed by atoms with Gasteiger partial charge in [0, 0.05) is 7.05 Å². The smallest absolute Gasteiger partial charge is 0.343 e. The average molecular weight is 287 g/mol. The lowest BCUT2D eigenvalue weighted by Gasteiger charge is -2.08. The van der Waals surface area contributed by atoms with Crippen molar-refractivity contribution in [2.75, 3.05) is 11.9 Å². The number of aromatic amines is 1. The van der Waals surface area contributed by atoms with Gasteiger partial charge in [-0.25, -0.2) is 19.7 Å². The minimum atomic E-state index is -0.442. The molecule has 3 aromatic rings. The molecule has 9 nitrogen and oxygen atoms in total. The van der Waals surface area contributed by atoms with Gasteiger partial charge in [0.05, 0.1) is 19.1 Å². The summed E-state index contributed by atoms with van der Waals surface area (Å²) in [5, 5.41) is 7.13. The standard InChI is InChI=1S/C12H13N7O2/c1-3-21-12(20)7-4-17-19(2)11(7)18-10-8-9(14-5-13-8)15-6-16-10/h4-6H,3H2,1-2H3,(H2,13,14,15,16,18). The number of ether oxygens (including phenoxy) is 1. The fourth-order valence-electron chi connectivity index (χ4n) is 1.92. The molecule has 0 aliphatic carbocycles. The molecule has 3 aromatic heterocycles. The van der Waals surface area contributed by atoms with Crippen LogP contribution in [0.15, 0.2) is 18.9 Å². The number of rotatable bonds is 4. The van der Waals surface area contributed by atoms with Crippen LogP contribution < -0.4 is 5.32 Å². The van der Waals surface area contributed by atoms with Crippen LogP contribution in [-0.2, 0) is 11.8 Å². The molecule has 0 bridgehead atoms. The molecule has 9 heteroatoms. The molecule has 0 atom stereocenters. The van der Waals surface area contributed by atoms with E-state index < -0.39 is 5.97 Å². The molecule has 0 amide bonds. The second-order valence-electron chi connectivity index (χ2n) is 4.20. The number of esters is 1. The predicted molar refractivity (Wildman–Crippen MR) is 74.1 cm³/mol. The summed E-state index contributed by atoms with van der Waals surface area (Å²) in [5.74, 6) is 0.553. The van der Waals surface area contributed by atoms with Crippen LogP contribution in [0.5, 0.6) is 0 Å². The molecule has 3 heterocycles. The van der Waals surface area contributed by atoms with Crippen molar-refractivity contribution < 1.29 is 9.53 Å². The van der Waals surface area contributed by atoms with Crippen LogP contribution in [0.25, 0.3) is 11.2 Å². The number of H-pyrrole nitrogens is 1. The summed E-state index contributed by atoms with van der Waals surface area (Å²) in [7, 11) is 1.72. The number of aryl methyl sites for hydroxylation is 1. The maximum Gasteiger partial charge on any atom is 0.343 e. The van der Waals surface area contributed by atoms with E-state index in [2.05, 4.69) is 30.4 Å². The van der Waals surface area contributed by atoms with E-state index >= 15 is 0 Å². The van der Waals surface area contributed by atoms with Crippen LogP contribution in [0.3, 0.4) is 0 Å². The van der Waals surface area contributed by atoms with E-state index in [4.69, 9.17) is 4.74 Å². The molecular weight excluding hydrogens is 274 g/mol. The van der Waals surface area contributed by atoms with E-state index in [0.717, 1.165) is 0 Å². The molecule has 3 rings (SSSR count). The van der Waals surface area contributed by atoms with E-state index in [0.29, 0.717) is 35.0 Å². The third kappa shape index (κ3) is 2.29. The molecule has 0 spiro atoms. The fourth-order valence-corrected chi connectivity index (χ4v) is 1.92. The van der Waals surface area contributed by atoms with Crippen molar-refractivity contribution in [3.63, 3.8) is 0 Å². The lowest BCUT2D eigenvalue weighted by Crippen LogP contribution is -2.09. The number of nitrogens with zero attached hydrogens (tertiary/aromatic N) is 5. The molecule has 21 heavy (non-hydrogen) atoms. The van der Waals surface area contributed by atoms with Gasteiger partial charge in [-0.3, -0.25) is 4.68 Å². The van der Waals surface area contributed by atoms with Crippen molar-refractivity contribution in [2.45, 2.75) is 6.92 Å². The Balaban J connectivity index is 2.00. The van der Waals surface area contributed by atoms with E-state index in [1.54, 1.807) is 14.0 Å². The van der Waals surface area contributed by atoms with Crippen LogP contribution in [0.4, 0.5) is 11.6 Å². The van der Waals surface area contributed by atoms with Gasteiger partial charge in [0.2, 0.25) is 0 Å². The maximum atomic E-state index is 11.9. The Morgan fingerprint density at radius 3 is 3.10 bits per heavy atom. The first-order valence-corrected chi connectivity index (χ1v) is 6.31. The Morgan fingerprint density at radius 1 is 1.43 bits per heavy atom. The lowest BCUT2D eigenvalue weighted by atomic mass is 10.3. The average Bonchev–Trinajstić information content (AvgIpc) is 3.07. The zero-order chi connectivity index (χ0) is 14.8. The number of hydrogen-bond donors (Lipinski definition) is 2. The van der Waals surface area contributed by atoms with Gasteiger partial charge in [-0.2, -0.15) is 5.10 Å². The van der Waals surface area contributed by atoms with Crippen molar-refractivity contribution in [1.82, 2.24) is 29.7 Å². The Kier molecular flexibility index (Phi) is 3.22. The SMILES string of the molecule is CCOC(=O)c1cnn(C)c1Nc1ncnc2nc[nH]c12. The van der Waals surface area contributed by atoms with Crippen molar-refractivity contribution in [1.29, 1.82) is 0 Å². The molecule has 2 N–H and O–H groups in total. The van der Waals surface area contributed by atoms with Gasteiger partial charge in [-0.15, -0.1) is 0 Å². The highest BCUT2D eigenvalue weighted by Gasteiger charge is 2.19. The van der Waals surface area contributed by atoms with Crippen molar-refractivity contribution in [3.05, 3.63) is 24.4 Å². The molecular formula is C12H13N7O2. The van der Waals surface area contributed by atoms with Gasteiger partial charge >= 0.3 is 5.97 Å². The summed E-state index contributed by atoms with van der Waals surface area (Å²) in [6, 6.07) is 0. The molecule has 0 aliphatic rings. The summed E-state index contributed by atoms with van der Waals surface area (Å²) < 4.78 is 6.55. The summed E-state index contributed by atoms with van der Waals surface area (Å²) >= 11 is 0. The third-order valence-corrected chi connectivity index (χ3v) is 2.89. The summed E-state index contributed by atoms with van der Waals surface area (Å²) in [5.41, 5.74) is 1.52. The second kappa shape index (κ2) is 5.19. The summed E-state index contributed by atoms with van der Waals surface area (Å²) in [6.45, 7) is 2.05. The number of fused-ring (bicyclic) bond motifs is 1. The first-order valence-electron chi connectivity index (χ1n) is 6.31. The monoisotopic (exact) mass is 287 g/mol. The van der Waals surface area contributed by atoms with Crippen molar-refractivity contribution in [2.24, 2.45) is 7.05 Å². The fraction of sp³-hybridized carbons (Fsp3) is 0.250. The van der Waals surface area contributed by atoms with E-state index in [9.17, 15) is 4.79 Å². The van der Waals surface area contributed by atoms with Gasteiger partial charge in [0.15, 0.2) is 11.5 Å². The Morgan fingerprint density at radius 2 is 2.29 bits per heavy atom. The van der Waals surface area contributed by atoms with Gasteiger partial charge in [0.25, 0.3) is 0 Å². The van der Waals surface area contributed by atoms with E-state index in [1.807, 2.05) is 0 Å². The van der Waals surface area contributed by atoms with Crippen molar-refractivity contribution in [3.8, 4) is 0 Å². The summed E-state index contributed by atoms with van der Waals surface area (Å²) in [4.78, 5) is 27.1. The Hall–Kier alpha value is -2.97. The van der Waals surface area contributed by atoms with Crippen LogP contribution in [0.1, 0.15) is 17.3 Å². The van der Waals surface area contributed by atoms with Gasteiger partial charge < -0.3 is 15.0 Å². The van der Waals surface area contributed by atoms with E-state index in [1.165, 1.54) is 23.5 Å². The molecule has 0 radical (unpaired) electrons. The number of nitrogens with one attached hydrogen (secondary N) is 2. The molecule has 0 unspecified atom stereocenters. The van der Waals surface area contributed by atoms with Crippen LogP contribution >= 0.6 is 0 Å². The molecule has 0 aliphatic heterocycles. The van der Waals surface area contributed by atoms with E-state index in [-0.39, 0.29) is 0 Å². The quantitative estimate of drug-likeness (QED) is 0.689. The largest absolute Gasteiger partial charge is 0.462 e. The van der Waals surface area contributed by atoms with Crippen LogP contribution in [0.2, 0.25) is 0 Å². The van der Waals surface area contributed by atoms with Crippen LogP contribution in [-0.4, -0.2) is 42.3 Å². The number of carbonyl (C=O) groups excluding carboxylic acids is 1.